The van der Waals surface area contributed by atoms with E-state index in [2.05, 4.69) is 18.8 Å². The fraction of sp³-hybridized carbons (Fsp3) is 0.733. The number of amides is 2. The molecule has 4 heteroatoms. The summed E-state index contributed by atoms with van der Waals surface area (Å²) in [5, 5.41) is 2.53. The first-order chi connectivity index (χ1) is 8.88. The van der Waals surface area contributed by atoms with Gasteiger partial charge in [-0.2, -0.15) is 0 Å². The molecule has 3 N–H and O–H groups in total. The Morgan fingerprint density at radius 1 is 1.32 bits per heavy atom. The number of carbonyl (C=O) groups excluding carboxylic acids is 2. The zero-order valence-corrected chi connectivity index (χ0v) is 13.5. The molecule has 2 amide bonds. The highest BCUT2D eigenvalue weighted by molar-refractivity contribution is 5.84. The van der Waals surface area contributed by atoms with E-state index in [4.69, 9.17) is 5.73 Å². The van der Waals surface area contributed by atoms with E-state index >= 15 is 0 Å². The molecule has 0 aromatic carbocycles. The number of allylic oxidation sites excluding steroid dienone is 1. The highest BCUT2D eigenvalue weighted by atomic mass is 16.2. The first-order valence-corrected chi connectivity index (χ1v) is 6.99. The van der Waals surface area contributed by atoms with E-state index in [1.807, 2.05) is 33.8 Å². The molecule has 0 aromatic rings. The van der Waals surface area contributed by atoms with Gasteiger partial charge in [-0.05, 0) is 18.8 Å². The molecule has 0 saturated heterocycles. The molecule has 0 aliphatic rings. The van der Waals surface area contributed by atoms with Crippen molar-refractivity contribution in [2.75, 3.05) is 7.05 Å². The van der Waals surface area contributed by atoms with E-state index in [0.717, 1.165) is 6.42 Å². The van der Waals surface area contributed by atoms with Crippen LogP contribution in [0.5, 0.6) is 0 Å². The number of nitrogens with one attached hydrogen (secondary N) is 1. The Hall–Kier alpha value is -1.32. The van der Waals surface area contributed by atoms with Crippen molar-refractivity contribution in [2.24, 2.45) is 17.6 Å². The molecule has 0 saturated carbocycles. The van der Waals surface area contributed by atoms with Gasteiger partial charge in [-0.3, -0.25) is 9.59 Å². The van der Waals surface area contributed by atoms with E-state index < -0.39 is 5.91 Å². The van der Waals surface area contributed by atoms with Crippen LogP contribution in [-0.4, -0.2) is 18.9 Å². The fourth-order valence-electron chi connectivity index (χ4n) is 1.30. The molecule has 4 nitrogen and oxygen atoms in total. The molecule has 0 heterocycles. The summed E-state index contributed by atoms with van der Waals surface area (Å²) >= 11 is 0. The maximum Gasteiger partial charge on any atom is 0.223 e. The second-order valence-corrected chi connectivity index (χ2v) is 4.31. The van der Waals surface area contributed by atoms with Crippen molar-refractivity contribution in [1.82, 2.24) is 5.32 Å². The van der Waals surface area contributed by atoms with Gasteiger partial charge in [0.2, 0.25) is 11.8 Å². The molecule has 0 aliphatic heterocycles. The summed E-state index contributed by atoms with van der Waals surface area (Å²) < 4.78 is 0. The van der Waals surface area contributed by atoms with Crippen LogP contribution in [0.1, 0.15) is 53.9 Å². The molecule has 0 fully saturated rings. The molecule has 114 valence electrons. The molecule has 0 aromatic heterocycles. The van der Waals surface area contributed by atoms with Crippen molar-refractivity contribution in [3.05, 3.63) is 12.7 Å². The topological polar surface area (TPSA) is 72.2 Å². The number of hydrogen-bond acceptors (Lipinski definition) is 2. The smallest absolute Gasteiger partial charge is 0.223 e. The van der Waals surface area contributed by atoms with E-state index in [0.29, 0.717) is 12.3 Å². The third-order valence-electron chi connectivity index (χ3n) is 2.11. The van der Waals surface area contributed by atoms with Gasteiger partial charge < -0.3 is 11.1 Å². The molecule has 1 atom stereocenters. The minimum Gasteiger partial charge on any atom is -0.370 e. The lowest BCUT2D eigenvalue weighted by atomic mass is 9.93. The molecule has 0 bridgehead atoms. The summed E-state index contributed by atoms with van der Waals surface area (Å²) in [6, 6.07) is 0. The van der Waals surface area contributed by atoms with Gasteiger partial charge >= 0.3 is 0 Å². The van der Waals surface area contributed by atoms with Gasteiger partial charge in [0.1, 0.15) is 0 Å². The predicted octanol–water partition coefficient (Wildman–Crippen LogP) is 2.88. The standard InChI is InChI=1S/C9H18N2O2.C4H8.C2H6/c1-6(2)4-7(5-8(10)12)9(13)11-3;1-3-4-2;1-2/h6-7H,4-5H2,1-3H3,(H2,10,12)(H,11,13);3H,1,4H2,2H3;1-2H3. The molecule has 0 spiro atoms. The molecular formula is C15H32N2O2. The van der Waals surface area contributed by atoms with Gasteiger partial charge in [0.15, 0.2) is 0 Å². The van der Waals surface area contributed by atoms with Gasteiger partial charge in [0, 0.05) is 19.4 Å². The van der Waals surface area contributed by atoms with Crippen LogP contribution in [0.3, 0.4) is 0 Å². The zero-order valence-electron chi connectivity index (χ0n) is 13.5. The third kappa shape index (κ3) is 19.2. The SMILES string of the molecule is C=CCC.CC.CNC(=O)C(CC(N)=O)CC(C)C. The van der Waals surface area contributed by atoms with E-state index in [1.54, 1.807) is 7.05 Å². The predicted molar refractivity (Wildman–Crippen MR) is 82.7 cm³/mol. The average Bonchev–Trinajstić information content (AvgIpc) is 2.38. The van der Waals surface area contributed by atoms with Crippen LogP contribution in [0.4, 0.5) is 0 Å². The van der Waals surface area contributed by atoms with Crippen molar-refractivity contribution in [2.45, 2.75) is 53.9 Å². The molecule has 1 unspecified atom stereocenters. The second-order valence-electron chi connectivity index (χ2n) is 4.31. The van der Waals surface area contributed by atoms with Crippen molar-refractivity contribution in [3.8, 4) is 0 Å². The summed E-state index contributed by atoms with van der Waals surface area (Å²) in [6.07, 6.45) is 3.79. The normalized spacial score (nSPS) is 10.3. The lowest BCUT2D eigenvalue weighted by Gasteiger charge is -2.15. The second kappa shape index (κ2) is 16.7. The summed E-state index contributed by atoms with van der Waals surface area (Å²) in [5.41, 5.74) is 5.04. The minimum absolute atomic E-state index is 0.104. The van der Waals surface area contributed by atoms with Crippen LogP contribution in [0.15, 0.2) is 12.7 Å². The van der Waals surface area contributed by atoms with Gasteiger partial charge in [-0.15, -0.1) is 6.58 Å². The van der Waals surface area contributed by atoms with Crippen LogP contribution < -0.4 is 11.1 Å². The fourth-order valence-corrected chi connectivity index (χ4v) is 1.30. The Labute approximate surface area is 118 Å². The number of primary amides is 1. The van der Waals surface area contributed by atoms with E-state index in [9.17, 15) is 9.59 Å². The van der Waals surface area contributed by atoms with E-state index in [-0.39, 0.29) is 18.2 Å². The zero-order chi connectivity index (χ0) is 15.8. The molecule has 0 rings (SSSR count). The molecule has 19 heavy (non-hydrogen) atoms. The summed E-state index contributed by atoms with van der Waals surface area (Å²) in [5.74, 6) is -0.411. The van der Waals surface area contributed by atoms with Crippen LogP contribution in [0.25, 0.3) is 0 Å². The summed E-state index contributed by atoms with van der Waals surface area (Å²) in [6.45, 7) is 13.6. The Morgan fingerprint density at radius 2 is 1.74 bits per heavy atom. The average molecular weight is 272 g/mol. The van der Waals surface area contributed by atoms with Gasteiger partial charge in [0.05, 0.1) is 0 Å². The maximum absolute atomic E-state index is 11.3. The first kappa shape index (κ1) is 22.8. The van der Waals surface area contributed by atoms with Crippen molar-refractivity contribution >= 4 is 11.8 Å². The van der Waals surface area contributed by atoms with Gasteiger partial charge in [-0.1, -0.05) is 40.7 Å². The molecule has 0 radical (unpaired) electrons. The van der Waals surface area contributed by atoms with Gasteiger partial charge in [-0.25, -0.2) is 0 Å². The number of carbonyl (C=O) groups is 2. The maximum atomic E-state index is 11.3. The van der Waals surface area contributed by atoms with Crippen LogP contribution >= 0.6 is 0 Å². The van der Waals surface area contributed by atoms with Crippen molar-refractivity contribution in [3.63, 3.8) is 0 Å². The highest BCUT2D eigenvalue weighted by Gasteiger charge is 2.20. The van der Waals surface area contributed by atoms with E-state index in [1.165, 1.54) is 0 Å². The number of hydrogen-bond donors (Lipinski definition) is 2. The van der Waals surface area contributed by atoms with Crippen LogP contribution in [-0.2, 0) is 9.59 Å². The summed E-state index contributed by atoms with van der Waals surface area (Å²) in [7, 11) is 1.57. The lowest BCUT2D eigenvalue weighted by molar-refractivity contribution is -0.129. The third-order valence-corrected chi connectivity index (χ3v) is 2.11. The summed E-state index contributed by atoms with van der Waals surface area (Å²) in [4.78, 5) is 21.9. The lowest BCUT2D eigenvalue weighted by Crippen LogP contribution is -2.31. The number of nitrogens with two attached hydrogens (primary N) is 1. The number of rotatable bonds is 6. The largest absolute Gasteiger partial charge is 0.370 e. The molecular weight excluding hydrogens is 240 g/mol. The Balaban J connectivity index is -0.000000361. The van der Waals surface area contributed by atoms with Crippen LogP contribution in [0, 0.1) is 11.8 Å². The quantitative estimate of drug-likeness (QED) is 0.730. The Bertz CT molecular complexity index is 238. The Kier molecular flexibility index (Phi) is 20.0. The monoisotopic (exact) mass is 272 g/mol. The minimum atomic E-state index is -0.422. The van der Waals surface area contributed by atoms with Gasteiger partial charge in [0.25, 0.3) is 0 Å². The Morgan fingerprint density at radius 3 is 1.95 bits per heavy atom. The van der Waals surface area contributed by atoms with Crippen molar-refractivity contribution < 1.29 is 9.59 Å². The highest BCUT2D eigenvalue weighted by Crippen LogP contribution is 2.15. The molecule has 0 aliphatic carbocycles. The first-order valence-electron chi connectivity index (χ1n) is 6.99. The van der Waals surface area contributed by atoms with Crippen molar-refractivity contribution in [1.29, 1.82) is 0 Å². The van der Waals surface area contributed by atoms with Crippen LogP contribution in [0.2, 0.25) is 0 Å².